The summed E-state index contributed by atoms with van der Waals surface area (Å²) in [5.74, 6) is 0.505. The van der Waals surface area contributed by atoms with E-state index in [-0.39, 0.29) is 12.0 Å². The summed E-state index contributed by atoms with van der Waals surface area (Å²) in [6.07, 6.45) is 4.75. The van der Waals surface area contributed by atoms with E-state index in [1.54, 1.807) is 0 Å². The van der Waals surface area contributed by atoms with Gasteiger partial charge in [0, 0.05) is 5.54 Å². The minimum Gasteiger partial charge on any atom is -0.481 e. The van der Waals surface area contributed by atoms with Gasteiger partial charge in [0.2, 0.25) is 0 Å². The fourth-order valence-corrected chi connectivity index (χ4v) is 3.00. The SMILES string of the molecule is N[C@]1(CC(=O)O)CC2CCC[C@H]21. The van der Waals surface area contributed by atoms with E-state index in [0.717, 1.165) is 18.8 Å². The van der Waals surface area contributed by atoms with Crippen molar-refractivity contribution >= 4 is 5.97 Å². The Morgan fingerprint density at radius 1 is 1.58 bits per heavy atom. The van der Waals surface area contributed by atoms with E-state index in [1.807, 2.05) is 0 Å². The average Bonchev–Trinajstić information content (AvgIpc) is 2.29. The summed E-state index contributed by atoms with van der Waals surface area (Å²) in [5, 5.41) is 8.65. The third-order valence-corrected chi connectivity index (χ3v) is 3.52. The first-order valence-corrected chi connectivity index (χ1v) is 4.62. The summed E-state index contributed by atoms with van der Waals surface area (Å²) >= 11 is 0. The summed E-state index contributed by atoms with van der Waals surface area (Å²) in [6, 6.07) is 0. The molecule has 2 aliphatic carbocycles. The van der Waals surface area contributed by atoms with Crippen LogP contribution in [0.1, 0.15) is 32.1 Å². The van der Waals surface area contributed by atoms with E-state index in [1.165, 1.54) is 12.8 Å². The first kappa shape index (κ1) is 8.05. The molecule has 0 heterocycles. The quantitative estimate of drug-likeness (QED) is 0.647. The van der Waals surface area contributed by atoms with E-state index in [0.29, 0.717) is 5.92 Å². The lowest BCUT2D eigenvalue weighted by atomic mass is 9.60. The molecule has 0 aromatic rings. The maximum atomic E-state index is 10.5. The minimum atomic E-state index is -0.747. The first-order valence-electron chi connectivity index (χ1n) is 4.62. The van der Waals surface area contributed by atoms with Crippen LogP contribution < -0.4 is 5.73 Å². The highest BCUT2D eigenvalue weighted by molar-refractivity contribution is 5.68. The van der Waals surface area contributed by atoms with Crippen LogP contribution in [0, 0.1) is 11.8 Å². The zero-order valence-electron chi connectivity index (χ0n) is 7.12. The Labute approximate surface area is 71.9 Å². The van der Waals surface area contributed by atoms with Gasteiger partial charge >= 0.3 is 5.97 Å². The molecular formula is C9H15NO2. The van der Waals surface area contributed by atoms with Gasteiger partial charge in [-0.25, -0.2) is 0 Å². The van der Waals surface area contributed by atoms with Gasteiger partial charge in [-0.3, -0.25) is 4.79 Å². The predicted molar refractivity (Wildman–Crippen MR) is 44.6 cm³/mol. The van der Waals surface area contributed by atoms with Gasteiger partial charge in [0.15, 0.2) is 0 Å². The van der Waals surface area contributed by atoms with Gasteiger partial charge in [0.05, 0.1) is 6.42 Å². The van der Waals surface area contributed by atoms with E-state index in [4.69, 9.17) is 10.8 Å². The Bertz CT molecular complexity index is 217. The third kappa shape index (κ3) is 1.04. The monoisotopic (exact) mass is 169 g/mol. The molecule has 3 atom stereocenters. The lowest BCUT2D eigenvalue weighted by molar-refractivity contribution is -0.141. The van der Waals surface area contributed by atoms with Gasteiger partial charge in [0.25, 0.3) is 0 Å². The van der Waals surface area contributed by atoms with E-state index in [9.17, 15) is 4.79 Å². The number of nitrogens with two attached hydrogens (primary N) is 1. The van der Waals surface area contributed by atoms with Crippen LogP contribution in [-0.2, 0) is 4.79 Å². The molecule has 0 radical (unpaired) electrons. The lowest BCUT2D eigenvalue weighted by Gasteiger charge is -2.49. The lowest BCUT2D eigenvalue weighted by Crippen LogP contribution is -2.59. The Hall–Kier alpha value is -0.570. The maximum Gasteiger partial charge on any atom is 0.305 e. The minimum absolute atomic E-state index is 0.161. The molecule has 0 aromatic heterocycles. The number of hydrogen-bond acceptors (Lipinski definition) is 2. The zero-order valence-corrected chi connectivity index (χ0v) is 7.12. The highest BCUT2D eigenvalue weighted by Gasteiger charge is 2.53. The number of aliphatic carboxylic acids is 1. The van der Waals surface area contributed by atoms with E-state index < -0.39 is 5.97 Å². The van der Waals surface area contributed by atoms with Crippen LogP contribution in [0.15, 0.2) is 0 Å². The van der Waals surface area contributed by atoms with Crippen LogP contribution in [0.4, 0.5) is 0 Å². The fraction of sp³-hybridized carbons (Fsp3) is 0.889. The van der Waals surface area contributed by atoms with Gasteiger partial charge in [-0.1, -0.05) is 12.8 Å². The highest BCUT2D eigenvalue weighted by Crippen LogP contribution is 2.53. The summed E-state index contributed by atoms with van der Waals surface area (Å²) in [4.78, 5) is 10.5. The van der Waals surface area contributed by atoms with Crippen molar-refractivity contribution in [2.75, 3.05) is 0 Å². The molecule has 2 fully saturated rings. The van der Waals surface area contributed by atoms with Crippen LogP contribution in [-0.4, -0.2) is 16.6 Å². The van der Waals surface area contributed by atoms with Crippen LogP contribution in [0.3, 0.4) is 0 Å². The molecule has 0 aliphatic heterocycles. The number of hydrogen-bond donors (Lipinski definition) is 2. The molecule has 12 heavy (non-hydrogen) atoms. The molecule has 3 heteroatoms. The molecule has 2 saturated carbocycles. The zero-order chi connectivity index (χ0) is 8.77. The van der Waals surface area contributed by atoms with Gasteiger partial charge in [-0.15, -0.1) is 0 Å². The molecule has 3 nitrogen and oxygen atoms in total. The largest absolute Gasteiger partial charge is 0.481 e. The van der Waals surface area contributed by atoms with Crippen LogP contribution in [0.2, 0.25) is 0 Å². The normalized spacial score (nSPS) is 45.1. The second-order valence-electron chi connectivity index (χ2n) is 4.31. The Morgan fingerprint density at radius 2 is 2.33 bits per heavy atom. The number of rotatable bonds is 2. The molecule has 0 amide bonds. The fourth-order valence-electron chi connectivity index (χ4n) is 3.00. The molecule has 3 N–H and O–H groups in total. The third-order valence-electron chi connectivity index (χ3n) is 3.52. The van der Waals surface area contributed by atoms with Crippen molar-refractivity contribution in [2.24, 2.45) is 17.6 Å². The summed E-state index contributed by atoms with van der Waals surface area (Å²) in [5.41, 5.74) is 5.65. The van der Waals surface area contributed by atoms with Gasteiger partial charge in [-0.2, -0.15) is 0 Å². The van der Waals surface area contributed by atoms with Crippen molar-refractivity contribution in [3.05, 3.63) is 0 Å². The number of fused-ring (bicyclic) bond motifs is 1. The van der Waals surface area contributed by atoms with Crippen LogP contribution in [0.5, 0.6) is 0 Å². The number of carboxylic acid groups (broad SMARTS) is 1. The molecule has 0 saturated heterocycles. The molecule has 1 unspecified atom stereocenters. The van der Waals surface area contributed by atoms with Crippen molar-refractivity contribution in [2.45, 2.75) is 37.6 Å². The topological polar surface area (TPSA) is 63.3 Å². The second-order valence-corrected chi connectivity index (χ2v) is 4.31. The molecule has 68 valence electrons. The summed E-state index contributed by atoms with van der Waals surface area (Å²) in [7, 11) is 0. The standard InChI is InChI=1S/C9H15NO2/c10-9(5-8(11)12)4-6-2-1-3-7(6)9/h6-7H,1-5,10H2,(H,11,12)/t6?,7-,9+/m1/s1. The summed E-state index contributed by atoms with van der Waals surface area (Å²) < 4.78 is 0. The van der Waals surface area contributed by atoms with Gasteiger partial charge in [0.1, 0.15) is 0 Å². The molecule has 0 spiro atoms. The smallest absolute Gasteiger partial charge is 0.305 e. The predicted octanol–water partition coefficient (Wildman–Crippen LogP) is 0.979. The first-order chi connectivity index (χ1) is 5.62. The number of carboxylic acids is 1. The molecular weight excluding hydrogens is 154 g/mol. The van der Waals surface area contributed by atoms with Gasteiger partial charge < -0.3 is 10.8 Å². The van der Waals surface area contributed by atoms with E-state index in [2.05, 4.69) is 0 Å². The molecule has 0 aromatic carbocycles. The number of carbonyl (C=O) groups is 1. The van der Waals surface area contributed by atoms with E-state index >= 15 is 0 Å². The van der Waals surface area contributed by atoms with Crippen molar-refractivity contribution < 1.29 is 9.90 Å². The average molecular weight is 169 g/mol. The van der Waals surface area contributed by atoms with Crippen molar-refractivity contribution in [3.8, 4) is 0 Å². The summed E-state index contributed by atoms with van der Waals surface area (Å²) in [6.45, 7) is 0. The molecule has 2 rings (SSSR count). The van der Waals surface area contributed by atoms with Crippen molar-refractivity contribution in [1.29, 1.82) is 0 Å². The Morgan fingerprint density at radius 3 is 2.92 bits per heavy atom. The van der Waals surface area contributed by atoms with Crippen LogP contribution >= 0.6 is 0 Å². The van der Waals surface area contributed by atoms with Gasteiger partial charge in [-0.05, 0) is 24.7 Å². The molecule has 2 aliphatic rings. The van der Waals surface area contributed by atoms with Crippen molar-refractivity contribution in [3.63, 3.8) is 0 Å². The maximum absolute atomic E-state index is 10.5. The highest BCUT2D eigenvalue weighted by atomic mass is 16.4. The second kappa shape index (κ2) is 2.46. The van der Waals surface area contributed by atoms with Crippen LogP contribution in [0.25, 0.3) is 0 Å². The Balaban J connectivity index is 2.00. The molecule has 0 bridgehead atoms. The Kier molecular flexibility index (Phi) is 1.65. The van der Waals surface area contributed by atoms with Crippen molar-refractivity contribution in [1.82, 2.24) is 0 Å².